The number of nitrogen functional groups attached to an aromatic ring is 1. The molecule has 0 saturated carbocycles. The van der Waals surface area contributed by atoms with Crippen LogP contribution in [-0.2, 0) is 4.74 Å². The number of hydrogen-bond donors (Lipinski definition) is 2. The van der Waals surface area contributed by atoms with E-state index in [2.05, 4.69) is 31.3 Å². The Hall–Kier alpha value is -3.10. The number of morpholine rings is 1. The lowest BCUT2D eigenvalue weighted by atomic mass is 10.3. The fourth-order valence-corrected chi connectivity index (χ4v) is 3.61. The van der Waals surface area contributed by atoms with Gasteiger partial charge in [0.05, 0.1) is 25.4 Å². The van der Waals surface area contributed by atoms with Crippen LogP contribution < -0.4 is 16.0 Å². The number of hydrogen-bond acceptors (Lipinski definition) is 10. The van der Waals surface area contributed by atoms with Crippen LogP contribution in [0.4, 0.5) is 27.0 Å². The first-order chi connectivity index (χ1) is 12.6. The maximum Gasteiger partial charge on any atom is 0.186 e. The van der Waals surface area contributed by atoms with Gasteiger partial charge < -0.3 is 20.7 Å². The number of thiazole rings is 1. The molecule has 0 bridgehead atoms. The molecule has 1 aliphatic heterocycles. The Labute approximate surface area is 151 Å². The summed E-state index contributed by atoms with van der Waals surface area (Å²) >= 11 is 1.29. The number of nitrogens with one attached hydrogen (secondary N) is 1. The third kappa shape index (κ3) is 3.07. The molecule has 0 amide bonds. The Kier molecular flexibility index (Phi) is 4.19. The number of nitriles is 1. The maximum atomic E-state index is 14.2. The smallest absolute Gasteiger partial charge is 0.186 e. The minimum atomic E-state index is -0.527. The molecule has 1 fully saturated rings. The predicted molar refractivity (Wildman–Crippen MR) is 94.7 cm³/mol. The fourth-order valence-electron chi connectivity index (χ4n) is 2.56. The zero-order valence-corrected chi connectivity index (χ0v) is 14.2. The van der Waals surface area contributed by atoms with E-state index in [9.17, 15) is 4.39 Å². The van der Waals surface area contributed by atoms with E-state index in [4.69, 9.17) is 15.7 Å². The largest absolute Gasteiger partial charge is 0.384 e. The first-order valence-electron chi connectivity index (χ1n) is 7.70. The molecule has 11 heteroatoms. The second kappa shape index (κ2) is 6.66. The van der Waals surface area contributed by atoms with Crippen LogP contribution in [0.25, 0.3) is 10.2 Å². The normalized spacial score (nSPS) is 17.2. The summed E-state index contributed by atoms with van der Waals surface area (Å²) in [7, 11) is 0. The van der Waals surface area contributed by atoms with Crippen molar-refractivity contribution in [3.8, 4) is 6.07 Å². The molecule has 3 aromatic rings. The van der Waals surface area contributed by atoms with Crippen LogP contribution in [0.5, 0.6) is 0 Å². The van der Waals surface area contributed by atoms with Gasteiger partial charge in [-0.3, -0.25) is 0 Å². The number of ether oxygens (including phenoxy) is 1. The van der Waals surface area contributed by atoms with Gasteiger partial charge in [0.25, 0.3) is 0 Å². The summed E-state index contributed by atoms with van der Waals surface area (Å²) in [6.45, 7) is 1.38. The number of nitrogens with zero attached hydrogens (tertiary/aromatic N) is 6. The molecule has 4 heterocycles. The number of pyridine rings is 1. The molecule has 0 radical (unpaired) electrons. The summed E-state index contributed by atoms with van der Waals surface area (Å²) in [4.78, 5) is 18.3. The van der Waals surface area contributed by atoms with E-state index in [1.54, 1.807) is 6.07 Å². The zero-order valence-electron chi connectivity index (χ0n) is 13.4. The lowest BCUT2D eigenvalue weighted by Crippen LogP contribution is -2.41. The van der Waals surface area contributed by atoms with Crippen molar-refractivity contribution in [2.75, 3.05) is 35.6 Å². The van der Waals surface area contributed by atoms with Crippen LogP contribution in [0.2, 0.25) is 0 Å². The van der Waals surface area contributed by atoms with E-state index in [0.717, 1.165) is 6.20 Å². The second-order valence-corrected chi connectivity index (χ2v) is 6.49. The molecule has 132 valence electrons. The summed E-state index contributed by atoms with van der Waals surface area (Å²) in [5.41, 5.74) is 5.86. The monoisotopic (exact) mass is 372 g/mol. The SMILES string of the molecule is N#CC1CN(c2nc3c(F)cnc(Nc4cc(N)ncn4)c3s2)CCO1. The molecule has 9 nitrogen and oxygen atoms in total. The van der Waals surface area contributed by atoms with Crippen molar-refractivity contribution in [2.45, 2.75) is 6.10 Å². The highest BCUT2D eigenvalue weighted by atomic mass is 32.1. The third-order valence-corrected chi connectivity index (χ3v) is 4.90. The first-order valence-corrected chi connectivity index (χ1v) is 8.51. The van der Waals surface area contributed by atoms with Crippen LogP contribution in [-0.4, -0.2) is 45.7 Å². The number of halogens is 1. The molecule has 1 atom stereocenters. The average molecular weight is 372 g/mol. The van der Waals surface area contributed by atoms with Gasteiger partial charge in [0.2, 0.25) is 0 Å². The van der Waals surface area contributed by atoms with Crippen molar-refractivity contribution in [1.82, 2.24) is 19.9 Å². The lowest BCUT2D eigenvalue weighted by molar-refractivity contribution is 0.0764. The Morgan fingerprint density at radius 1 is 1.42 bits per heavy atom. The van der Waals surface area contributed by atoms with Crippen molar-refractivity contribution in [3.63, 3.8) is 0 Å². The minimum absolute atomic E-state index is 0.213. The highest BCUT2D eigenvalue weighted by Crippen LogP contribution is 2.35. The molecule has 1 unspecified atom stereocenters. The Bertz CT molecular complexity index is 1000. The molecule has 3 aromatic heterocycles. The molecule has 4 rings (SSSR count). The van der Waals surface area contributed by atoms with Crippen molar-refractivity contribution in [2.24, 2.45) is 0 Å². The van der Waals surface area contributed by atoms with E-state index in [1.165, 1.54) is 17.7 Å². The molecular formula is C15H13FN8OS. The summed E-state index contributed by atoms with van der Waals surface area (Å²) < 4.78 is 20.1. The number of fused-ring (bicyclic) bond motifs is 1. The van der Waals surface area contributed by atoms with Crippen molar-refractivity contribution in [1.29, 1.82) is 5.26 Å². The van der Waals surface area contributed by atoms with Gasteiger partial charge in [0.15, 0.2) is 22.9 Å². The van der Waals surface area contributed by atoms with Crippen LogP contribution in [0.3, 0.4) is 0 Å². The maximum absolute atomic E-state index is 14.2. The van der Waals surface area contributed by atoms with Gasteiger partial charge in [-0.05, 0) is 0 Å². The van der Waals surface area contributed by atoms with Gasteiger partial charge in [-0.25, -0.2) is 24.3 Å². The van der Waals surface area contributed by atoms with Gasteiger partial charge in [-0.1, -0.05) is 11.3 Å². The summed E-state index contributed by atoms with van der Waals surface area (Å²) in [5, 5.41) is 12.7. The fraction of sp³-hybridized carbons (Fsp3) is 0.267. The number of nitrogens with two attached hydrogens (primary N) is 1. The zero-order chi connectivity index (χ0) is 18.1. The second-order valence-electron chi connectivity index (χ2n) is 5.52. The highest BCUT2D eigenvalue weighted by Gasteiger charge is 2.24. The molecule has 0 aliphatic carbocycles. The Morgan fingerprint density at radius 2 is 2.31 bits per heavy atom. The van der Waals surface area contributed by atoms with E-state index in [1.807, 2.05) is 4.90 Å². The average Bonchev–Trinajstić information content (AvgIpc) is 3.11. The van der Waals surface area contributed by atoms with Crippen LogP contribution in [0, 0.1) is 17.1 Å². The van der Waals surface area contributed by atoms with Gasteiger partial charge in [0.1, 0.15) is 28.2 Å². The standard InChI is InChI=1S/C15H13FN8OS/c16-9-5-19-14(22-11-3-10(18)20-7-21-11)13-12(9)23-15(26-13)24-1-2-25-8(4-17)6-24/h3,5,7-8H,1-2,6H2,(H3,18,19,20,21,22). The van der Waals surface area contributed by atoms with Crippen molar-refractivity contribution in [3.05, 3.63) is 24.4 Å². The molecule has 1 saturated heterocycles. The summed E-state index contributed by atoms with van der Waals surface area (Å²) in [6, 6.07) is 3.64. The minimum Gasteiger partial charge on any atom is -0.384 e. The number of anilines is 4. The number of aromatic nitrogens is 4. The molecule has 26 heavy (non-hydrogen) atoms. The summed E-state index contributed by atoms with van der Waals surface area (Å²) in [5.74, 6) is 0.666. The van der Waals surface area contributed by atoms with E-state index in [-0.39, 0.29) is 5.52 Å². The van der Waals surface area contributed by atoms with Gasteiger partial charge in [0, 0.05) is 12.6 Å². The first kappa shape index (κ1) is 16.4. The summed E-state index contributed by atoms with van der Waals surface area (Å²) in [6.07, 6.45) is 1.91. The van der Waals surface area contributed by atoms with E-state index < -0.39 is 11.9 Å². The molecule has 3 N–H and O–H groups in total. The lowest BCUT2D eigenvalue weighted by Gasteiger charge is -2.29. The van der Waals surface area contributed by atoms with Crippen LogP contribution in [0.15, 0.2) is 18.6 Å². The predicted octanol–water partition coefficient (Wildman–Crippen LogP) is 1.67. The topological polar surface area (TPSA) is 126 Å². The quantitative estimate of drug-likeness (QED) is 0.706. The van der Waals surface area contributed by atoms with Gasteiger partial charge >= 0.3 is 0 Å². The molecule has 1 aliphatic rings. The molecule has 0 spiro atoms. The van der Waals surface area contributed by atoms with Crippen molar-refractivity contribution < 1.29 is 9.13 Å². The van der Waals surface area contributed by atoms with E-state index >= 15 is 0 Å². The van der Waals surface area contributed by atoms with Gasteiger partial charge in [-0.15, -0.1) is 0 Å². The molecule has 0 aromatic carbocycles. The number of rotatable bonds is 3. The van der Waals surface area contributed by atoms with Crippen molar-refractivity contribution >= 4 is 44.1 Å². The third-order valence-electron chi connectivity index (χ3n) is 3.78. The highest BCUT2D eigenvalue weighted by molar-refractivity contribution is 7.22. The Balaban J connectivity index is 1.70. The van der Waals surface area contributed by atoms with E-state index in [0.29, 0.717) is 47.0 Å². The Morgan fingerprint density at radius 3 is 3.12 bits per heavy atom. The van der Waals surface area contributed by atoms with Gasteiger partial charge in [-0.2, -0.15) is 5.26 Å². The van der Waals surface area contributed by atoms with Crippen LogP contribution >= 0.6 is 11.3 Å². The van der Waals surface area contributed by atoms with Crippen LogP contribution in [0.1, 0.15) is 0 Å². The molecular weight excluding hydrogens is 359 g/mol.